The van der Waals surface area contributed by atoms with Crippen LogP contribution < -0.4 is 0 Å². The summed E-state index contributed by atoms with van der Waals surface area (Å²) in [7, 11) is 0. The zero-order chi connectivity index (χ0) is 17.2. The summed E-state index contributed by atoms with van der Waals surface area (Å²) in [6.45, 7) is 0. The Morgan fingerprint density at radius 1 is 0.680 bits per heavy atom. The molecule has 0 radical (unpaired) electrons. The zero-order valence-electron chi connectivity index (χ0n) is 13.4. The smallest absolute Gasteiger partial charge is 0.0991 e. The molecule has 0 bridgehead atoms. The summed E-state index contributed by atoms with van der Waals surface area (Å²) in [4.78, 5) is 0. The first-order chi connectivity index (χ1) is 12.2. The molecule has 0 aromatic heterocycles. The van der Waals surface area contributed by atoms with Gasteiger partial charge >= 0.3 is 0 Å². The average Bonchev–Trinajstić information content (AvgIpc) is 2.66. The van der Waals surface area contributed by atoms with Crippen molar-refractivity contribution < 1.29 is 0 Å². The van der Waals surface area contributed by atoms with Crippen molar-refractivity contribution in [3.63, 3.8) is 0 Å². The molecule has 4 aromatic carbocycles. The first-order valence-electron chi connectivity index (χ1n) is 8.03. The molecular weight excluding hydrogens is 370 g/mol. The van der Waals surface area contributed by atoms with Crippen LogP contribution >= 0.6 is 15.9 Å². The van der Waals surface area contributed by atoms with Gasteiger partial charge in [-0.2, -0.15) is 5.26 Å². The number of nitrogens with zero attached hydrogens (tertiary/aromatic N) is 1. The van der Waals surface area contributed by atoms with Crippen molar-refractivity contribution in [1.82, 2.24) is 0 Å². The van der Waals surface area contributed by atoms with Crippen LogP contribution in [-0.2, 0) is 0 Å². The van der Waals surface area contributed by atoms with Crippen LogP contribution in [-0.4, -0.2) is 0 Å². The van der Waals surface area contributed by atoms with E-state index in [0.717, 1.165) is 15.6 Å². The van der Waals surface area contributed by atoms with Gasteiger partial charge in [0.05, 0.1) is 11.6 Å². The van der Waals surface area contributed by atoms with Gasteiger partial charge < -0.3 is 0 Å². The third-order valence-electron chi connectivity index (χ3n) is 4.33. The fraction of sp³-hybridized carbons (Fsp3) is 0. The van der Waals surface area contributed by atoms with Gasteiger partial charge in [0.15, 0.2) is 0 Å². The third-order valence-corrected chi connectivity index (χ3v) is 4.83. The Balaban J connectivity index is 1.77. The lowest BCUT2D eigenvalue weighted by Gasteiger charge is -2.06. The Kier molecular flexibility index (Phi) is 4.09. The summed E-state index contributed by atoms with van der Waals surface area (Å²) in [6, 6.07) is 27.0. The van der Waals surface area contributed by atoms with E-state index in [9.17, 15) is 0 Å². The molecule has 0 saturated carbocycles. The maximum Gasteiger partial charge on any atom is 0.0991 e. The second-order valence-electron chi connectivity index (χ2n) is 5.98. The number of halogens is 1. The van der Waals surface area contributed by atoms with Crippen LogP contribution in [0.5, 0.6) is 0 Å². The van der Waals surface area contributed by atoms with Crippen molar-refractivity contribution in [2.24, 2.45) is 0 Å². The van der Waals surface area contributed by atoms with E-state index in [0.29, 0.717) is 5.56 Å². The molecule has 2 heteroatoms. The number of fused-ring (bicyclic) bond motifs is 3. The number of benzene rings is 4. The van der Waals surface area contributed by atoms with E-state index in [-0.39, 0.29) is 0 Å². The SMILES string of the molecule is N#Cc1ccc(/C=C/c2ccc3ccc4ccc(Br)cc4c3c2)cc1. The zero-order valence-corrected chi connectivity index (χ0v) is 15.0. The maximum atomic E-state index is 8.87. The van der Waals surface area contributed by atoms with Gasteiger partial charge in [0, 0.05) is 4.47 Å². The van der Waals surface area contributed by atoms with Crippen LogP contribution in [0, 0.1) is 11.3 Å². The highest BCUT2D eigenvalue weighted by Crippen LogP contribution is 2.29. The molecule has 0 heterocycles. The fourth-order valence-corrected chi connectivity index (χ4v) is 3.37. The summed E-state index contributed by atoms with van der Waals surface area (Å²) >= 11 is 3.57. The topological polar surface area (TPSA) is 23.8 Å². The van der Waals surface area contributed by atoms with Crippen molar-refractivity contribution in [2.45, 2.75) is 0 Å². The van der Waals surface area contributed by atoms with Gasteiger partial charge in [0.25, 0.3) is 0 Å². The van der Waals surface area contributed by atoms with Gasteiger partial charge in [0.1, 0.15) is 0 Å². The Hall–Kier alpha value is -2.89. The van der Waals surface area contributed by atoms with E-state index in [1.807, 2.05) is 24.3 Å². The molecule has 0 aliphatic heterocycles. The molecule has 0 saturated heterocycles. The number of nitriles is 1. The Morgan fingerprint density at radius 2 is 1.24 bits per heavy atom. The minimum Gasteiger partial charge on any atom is -0.192 e. The van der Waals surface area contributed by atoms with Gasteiger partial charge in [-0.05, 0) is 63.0 Å². The van der Waals surface area contributed by atoms with Gasteiger partial charge in [-0.25, -0.2) is 0 Å². The van der Waals surface area contributed by atoms with Gasteiger partial charge in [-0.1, -0.05) is 70.5 Å². The van der Waals surface area contributed by atoms with E-state index < -0.39 is 0 Å². The number of hydrogen-bond donors (Lipinski definition) is 0. The monoisotopic (exact) mass is 383 g/mol. The van der Waals surface area contributed by atoms with Crippen molar-refractivity contribution in [1.29, 1.82) is 5.26 Å². The summed E-state index contributed by atoms with van der Waals surface area (Å²) in [5.41, 5.74) is 2.92. The van der Waals surface area contributed by atoms with Crippen LogP contribution in [0.15, 0.2) is 77.3 Å². The molecular formula is C23H14BrN. The summed E-state index contributed by atoms with van der Waals surface area (Å²) in [5.74, 6) is 0. The Bertz CT molecular complexity index is 1150. The molecule has 0 fully saturated rings. The number of hydrogen-bond acceptors (Lipinski definition) is 1. The normalized spacial score (nSPS) is 11.2. The van der Waals surface area contributed by atoms with Gasteiger partial charge in [-0.3, -0.25) is 0 Å². The minimum absolute atomic E-state index is 0.680. The number of rotatable bonds is 2. The predicted molar refractivity (Wildman–Crippen MR) is 109 cm³/mol. The Labute approximate surface area is 155 Å². The standard InChI is InChI=1S/C23H14BrN/c24-21-12-11-20-10-9-19-8-7-17(13-22(19)23(20)14-21)4-1-16-2-5-18(15-25)6-3-16/h1-14H/b4-1+. The minimum atomic E-state index is 0.680. The van der Waals surface area contributed by atoms with Crippen molar-refractivity contribution in [3.05, 3.63) is 94.0 Å². The molecule has 0 amide bonds. The molecule has 0 N–H and O–H groups in total. The van der Waals surface area contributed by atoms with E-state index in [4.69, 9.17) is 5.26 Å². The average molecular weight is 384 g/mol. The predicted octanol–water partition coefficient (Wildman–Crippen LogP) is 6.80. The van der Waals surface area contributed by atoms with E-state index in [2.05, 4.69) is 82.7 Å². The van der Waals surface area contributed by atoms with E-state index in [1.54, 1.807) is 0 Å². The maximum absolute atomic E-state index is 8.87. The largest absolute Gasteiger partial charge is 0.192 e. The molecule has 0 atom stereocenters. The second kappa shape index (κ2) is 6.55. The molecule has 0 spiro atoms. The molecule has 4 rings (SSSR count). The van der Waals surface area contributed by atoms with Crippen LogP contribution in [0.3, 0.4) is 0 Å². The third kappa shape index (κ3) is 3.20. The van der Waals surface area contributed by atoms with Gasteiger partial charge in [0.2, 0.25) is 0 Å². The molecule has 1 nitrogen and oxygen atoms in total. The fourth-order valence-electron chi connectivity index (χ4n) is 3.00. The van der Waals surface area contributed by atoms with Crippen molar-refractivity contribution in [2.75, 3.05) is 0 Å². The molecule has 0 aliphatic carbocycles. The highest BCUT2D eigenvalue weighted by molar-refractivity contribution is 9.10. The first-order valence-corrected chi connectivity index (χ1v) is 8.82. The van der Waals surface area contributed by atoms with E-state index >= 15 is 0 Å². The van der Waals surface area contributed by atoms with Crippen LogP contribution in [0.4, 0.5) is 0 Å². The Morgan fingerprint density at radius 3 is 1.96 bits per heavy atom. The lowest BCUT2D eigenvalue weighted by atomic mass is 9.99. The highest BCUT2D eigenvalue weighted by atomic mass is 79.9. The van der Waals surface area contributed by atoms with Crippen molar-refractivity contribution in [3.8, 4) is 6.07 Å². The first kappa shape index (κ1) is 15.6. The molecule has 0 unspecified atom stereocenters. The molecule has 25 heavy (non-hydrogen) atoms. The summed E-state index contributed by atoms with van der Waals surface area (Å²) in [6.07, 6.45) is 4.18. The second-order valence-corrected chi connectivity index (χ2v) is 6.89. The lowest BCUT2D eigenvalue weighted by Crippen LogP contribution is -1.80. The van der Waals surface area contributed by atoms with Crippen LogP contribution in [0.1, 0.15) is 16.7 Å². The van der Waals surface area contributed by atoms with Crippen LogP contribution in [0.25, 0.3) is 33.7 Å². The molecule has 0 aliphatic rings. The quantitative estimate of drug-likeness (QED) is 0.275. The lowest BCUT2D eigenvalue weighted by molar-refractivity contribution is 1.48. The molecule has 118 valence electrons. The van der Waals surface area contributed by atoms with E-state index in [1.165, 1.54) is 21.5 Å². The molecule has 4 aromatic rings. The summed E-state index contributed by atoms with van der Waals surface area (Å²) < 4.78 is 1.09. The highest BCUT2D eigenvalue weighted by Gasteiger charge is 2.02. The van der Waals surface area contributed by atoms with Crippen LogP contribution in [0.2, 0.25) is 0 Å². The summed E-state index contributed by atoms with van der Waals surface area (Å²) in [5, 5.41) is 13.8. The van der Waals surface area contributed by atoms with Gasteiger partial charge in [-0.15, -0.1) is 0 Å². The van der Waals surface area contributed by atoms with Crippen molar-refractivity contribution >= 4 is 49.6 Å².